The molecular weight excluding hydrogens is 969 g/mol. The molecule has 10 fully saturated rings. The van der Waals surface area contributed by atoms with Gasteiger partial charge >= 0.3 is 0 Å². The third-order valence-electron chi connectivity index (χ3n) is 23.6. The van der Waals surface area contributed by atoms with Crippen LogP contribution in [0.3, 0.4) is 0 Å². The normalized spacial score (nSPS) is 41.3. The minimum atomic E-state index is -0.880. The summed E-state index contributed by atoms with van der Waals surface area (Å²) < 4.78 is 38.9. The van der Waals surface area contributed by atoms with Gasteiger partial charge in [0.15, 0.2) is 23.0 Å². The monoisotopic (exact) mass is 1060 g/mol. The number of ether oxygens (including phenoxy) is 6. The zero-order valence-corrected chi connectivity index (χ0v) is 46.9. The summed E-state index contributed by atoms with van der Waals surface area (Å²) in [6, 6.07) is 9.67. The number of alkyl halides is 1. The highest BCUT2D eigenvalue weighted by Gasteiger charge is 2.84. The Balaban J connectivity index is 0.000000141. The minimum absolute atomic E-state index is 0. The molecule has 4 spiro atoms. The fourth-order valence-electron chi connectivity index (χ4n) is 18.7. The van der Waals surface area contributed by atoms with E-state index in [4.69, 9.17) is 28.4 Å². The first kappa shape index (κ1) is 52.0. The number of aliphatic hydroxyl groups is 2. The Bertz CT molecular complexity index is 2460. The smallest absolute Gasteiger partial charge is 0.165 e. The molecule has 2 aromatic rings. The van der Waals surface area contributed by atoms with Crippen LogP contribution >= 0.6 is 15.9 Å². The summed E-state index contributed by atoms with van der Waals surface area (Å²) in [5.74, 6) is 5.53. The lowest BCUT2D eigenvalue weighted by molar-refractivity contribution is -0.312. The molecule has 14 atom stereocenters. The van der Waals surface area contributed by atoms with Crippen molar-refractivity contribution in [1.29, 1.82) is 0 Å². The van der Waals surface area contributed by atoms with Gasteiger partial charge in [0.05, 0.1) is 25.4 Å². The molecule has 14 aliphatic rings. The molecule has 10 aliphatic carbocycles. The molecule has 2 unspecified atom stereocenters. The first-order chi connectivity index (χ1) is 33.6. The summed E-state index contributed by atoms with van der Waals surface area (Å²) >= 11 is 3.38. The van der Waals surface area contributed by atoms with Gasteiger partial charge in [0.2, 0.25) is 0 Å². The van der Waals surface area contributed by atoms with Crippen molar-refractivity contribution in [2.24, 2.45) is 45.3 Å². The lowest BCUT2D eigenvalue weighted by Crippen LogP contribution is -2.83. The van der Waals surface area contributed by atoms with E-state index in [9.17, 15) is 10.2 Å². The molecule has 16 rings (SSSR count). The number of piperidine rings is 2. The molecule has 0 radical (unpaired) electrons. The van der Waals surface area contributed by atoms with E-state index in [-0.39, 0.29) is 64.0 Å². The maximum Gasteiger partial charge on any atom is 0.165 e. The summed E-state index contributed by atoms with van der Waals surface area (Å²) in [6.45, 7) is 20.5. The topological polar surface area (TPSA) is 111 Å². The molecule has 11 heteroatoms. The highest BCUT2D eigenvalue weighted by atomic mass is 79.9. The Morgan fingerprint density at radius 2 is 1.14 bits per heavy atom. The van der Waals surface area contributed by atoms with Crippen LogP contribution in [-0.2, 0) is 33.1 Å². The van der Waals surface area contributed by atoms with Crippen LogP contribution in [0.15, 0.2) is 24.3 Å². The maximum absolute atomic E-state index is 12.3. The van der Waals surface area contributed by atoms with E-state index in [0.717, 1.165) is 112 Å². The number of nitrogens with one attached hydrogen (secondary N) is 1. The van der Waals surface area contributed by atoms with Gasteiger partial charge < -0.3 is 44.0 Å². The van der Waals surface area contributed by atoms with Gasteiger partial charge in [-0.2, -0.15) is 0 Å². The minimum Gasteiger partial charge on any atom is -0.493 e. The van der Waals surface area contributed by atoms with Crippen LogP contribution in [0.5, 0.6) is 23.0 Å². The zero-order valence-electron chi connectivity index (χ0n) is 45.3. The fraction of sp³-hybridized carbons (Fsp3) is 0.803. The van der Waals surface area contributed by atoms with Crippen molar-refractivity contribution < 1.29 is 38.6 Å². The van der Waals surface area contributed by atoms with Gasteiger partial charge in [-0.05, 0) is 163 Å². The molecule has 8 bridgehead atoms. The summed E-state index contributed by atoms with van der Waals surface area (Å²) in [6.07, 6.45) is 15.9. The number of hydrogen-bond donors (Lipinski definition) is 3. The number of methoxy groups -OCH3 is 4. The largest absolute Gasteiger partial charge is 0.493 e. The van der Waals surface area contributed by atoms with E-state index in [1.165, 1.54) is 59.8 Å². The standard InChI is InChI=1S/C30H43NO4.C26H37NO4.C4H7Br.CH4/c1-26(2,3)27(4,32)21-16-28-11-12-30(21,34-6)25-29(28)13-14-31(17-18-7-8-18)22(28)15-19-9-10-20(33-5)24(35-25)23(19)29;1-22(2,3)23(4,28)17-14-24-9-10-26(17,30-6)21-25(24)11-12-27-18(24)13-15-7-8-16(29-5)20(31-21)19(15)25;5-3-4-1-2-4;/h9-10,18,21-22,25,32H,7-8,11-17H2,1-6H3;7-8,17-18,21,27-28H,9-14H2,1-6H3;4H,1-3H2;1H4/t21-,22-,25-,27+,28?,29+,30+;17-,18-,21-,23+,24?,25+,26+;;/m11../s1. The molecule has 4 heterocycles. The average molecular weight is 1060 g/mol. The first-order valence-electron chi connectivity index (χ1n) is 27.9. The van der Waals surface area contributed by atoms with Gasteiger partial charge in [0.1, 0.15) is 23.4 Å². The number of hydrogen-bond acceptors (Lipinski definition) is 10. The molecular formula is C61H91BrN2O8. The number of rotatable bonds is 9. The Morgan fingerprint density at radius 3 is 1.60 bits per heavy atom. The van der Waals surface area contributed by atoms with Crippen molar-refractivity contribution in [2.75, 3.05) is 53.4 Å². The zero-order chi connectivity index (χ0) is 50.3. The van der Waals surface area contributed by atoms with E-state index in [1.54, 1.807) is 14.2 Å². The summed E-state index contributed by atoms with van der Waals surface area (Å²) in [5.41, 5.74) is 2.39. The van der Waals surface area contributed by atoms with Gasteiger partial charge in [-0.1, -0.05) is 77.0 Å². The van der Waals surface area contributed by atoms with Crippen LogP contribution in [0.1, 0.15) is 162 Å². The van der Waals surface area contributed by atoms with Crippen LogP contribution in [0.2, 0.25) is 0 Å². The molecule has 400 valence electrons. The molecule has 3 N–H and O–H groups in total. The highest BCUT2D eigenvalue weighted by Crippen LogP contribution is 2.80. The molecule has 2 aromatic carbocycles. The molecule has 0 aromatic heterocycles. The quantitative estimate of drug-likeness (QED) is 0.210. The molecule has 72 heavy (non-hydrogen) atoms. The molecule has 2 saturated heterocycles. The van der Waals surface area contributed by atoms with Gasteiger partial charge in [0.25, 0.3) is 0 Å². The van der Waals surface area contributed by atoms with E-state index in [0.29, 0.717) is 12.1 Å². The molecule has 8 saturated carbocycles. The predicted molar refractivity (Wildman–Crippen MR) is 287 cm³/mol. The number of halogens is 1. The SMILES string of the molecule is BrCC1CC1.C.COc1ccc2c3c1O[C@H]1[C@]4(OC)CCC5(C[C@@H]4[C@](C)(O)C(C)(C)C)[C@@H](C2)N(CC2CC2)CC[C@]315.COc1ccc2c3c1O[C@H]1[C@]4(OC)CCC5(C[C@@H]4[C@](C)(O)C(C)(C)C)[C@@H](C2)NCC[C@]315. The second-order valence-electron chi connectivity index (χ2n) is 27.6. The van der Waals surface area contributed by atoms with Crippen LogP contribution < -0.4 is 24.3 Å². The van der Waals surface area contributed by atoms with Gasteiger partial charge in [0, 0.05) is 82.8 Å². The van der Waals surface area contributed by atoms with Crippen LogP contribution in [0, 0.1) is 45.3 Å². The second kappa shape index (κ2) is 16.7. The average Bonchev–Trinajstić information content (AvgIpc) is 4.28. The Kier molecular flexibility index (Phi) is 12.0. The number of benzene rings is 2. The summed E-state index contributed by atoms with van der Waals surface area (Å²) in [7, 11) is 7.20. The van der Waals surface area contributed by atoms with Crippen LogP contribution in [0.4, 0.5) is 0 Å². The van der Waals surface area contributed by atoms with Gasteiger partial charge in [-0.25, -0.2) is 0 Å². The Hall–Kier alpha value is -2.12. The fourth-order valence-corrected chi connectivity index (χ4v) is 19.3. The summed E-state index contributed by atoms with van der Waals surface area (Å²) in [5, 5.41) is 29.4. The van der Waals surface area contributed by atoms with Crippen molar-refractivity contribution in [3.8, 4) is 23.0 Å². The van der Waals surface area contributed by atoms with Crippen LogP contribution in [0.25, 0.3) is 0 Å². The van der Waals surface area contributed by atoms with Crippen molar-refractivity contribution in [2.45, 2.75) is 210 Å². The van der Waals surface area contributed by atoms with E-state index in [1.807, 2.05) is 21.1 Å². The summed E-state index contributed by atoms with van der Waals surface area (Å²) in [4.78, 5) is 2.86. The second-order valence-corrected chi connectivity index (χ2v) is 28.3. The van der Waals surface area contributed by atoms with Crippen molar-refractivity contribution >= 4 is 15.9 Å². The third kappa shape index (κ3) is 6.34. The first-order valence-corrected chi connectivity index (χ1v) is 29.0. The number of nitrogens with zero attached hydrogens (tertiary/aromatic N) is 1. The molecule has 10 nitrogen and oxygen atoms in total. The van der Waals surface area contributed by atoms with E-state index >= 15 is 0 Å². The number of likely N-dealkylation sites (tertiary alicyclic amines) is 1. The number of fused-ring (bicyclic) bond motifs is 4. The van der Waals surface area contributed by atoms with Crippen molar-refractivity contribution in [1.82, 2.24) is 10.2 Å². The lowest BCUT2D eigenvalue weighted by Gasteiger charge is -2.75. The third-order valence-corrected chi connectivity index (χ3v) is 24.5. The van der Waals surface area contributed by atoms with Gasteiger partial charge in [-0.15, -0.1) is 0 Å². The van der Waals surface area contributed by atoms with Gasteiger partial charge in [-0.3, -0.25) is 4.90 Å². The Morgan fingerprint density at radius 1 is 0.653 bits per heavy atom. The molecule has 4 aliphatic heterocycles. The lowest BCUT2D eigenvalue weighted by atomic mass is 9.33. The highest BCUT2D eigenvalue weighted by molar-refractivity contribution is 9.09. The van der Waals surface area contributed by atoms with Crippen LogP contribution in [-0.4, -0.2) is 115 Å². The van der Waals surface area contributed by atoms with E-state index < -0.39 is 22.4 Å². The predicted octanol–water partition coefficient (Wildman–Crippen LogP) is 10.7. The maximum atomic E-state index is 12.3. The van der Waals surface area contributed by atoms with E-state index in [2.05, 4.69) is 98.9 Å². The Labute approximate surface area is 441 Å². The van der Waals surface area contributed by atoms with Crippen molar-refractivity contribution in [3.05, 3.63) is 46.5 Å². The molecule has 0 amide bonds. The van der Waals surface area contributed by atoms with Crippen molar-refractivity contribution in [3.63, 3.8) is 0 Å².